The van der Waals surface area contributed by atoms with E-state index < -0.39 is 0 Å². The maximum Gasteiger partial charge on any atom is 0.246 e. The maximum absolute atomic E-state index is 11.7. The lowest BCUT2D eigenvalue weighted by molar-refractivity contribution is -0.126. The molecule has 0 saturated carbocycles. The van der Waals surface area contributed by atoms with Crippen LogP contribution in [0.4, 0.5) is 0 Å². The molecule has 0 bridgehead atoms. The van der Waals surface area contributed by atoms with Crippen molar-refractivity contribution in [2.75, 3.05) is 33.5 Å². The lowest BCUT2D eigenvalue weighted by Crippen LogP contribution is -2.38. The second kappa shape index (κ2) is 8.02. The molecule has 0 aliphatic rings. The first-order valence-corrected chi connectivity index (χ1v) is 6.87. The fraction of sp³-hybridized carbons (Fsp3) is 0.562. The van der Waals surface area contributed by atoms with E-state index in [0.29, 0.717) is 19.8 Å². The van der Waals surface area contributed by atoms with Gasteiger partial charge < -0.3 is 14.8 Å². The van der Waals surface area contributed by atoms with Gasteiger partial charge in [-0.1, -0.05) is 38.1 Å². The van der Waals surface area contributed by atoms with Crippen molar-refractivity contribution >= 4 is 5.91 Å². The van der Waals surface area contributed by atoms with Gasteiger partial charge in [0.1, 0.15) is 6.61 Å². The average molecular weight is 279 g/mol. The molecule has 0 spiro atoms. The van der Waals surface area contributed by atoms with E-state index in [1.807, 2.05) is 12.1 Å². The van der Waals surface area contributed by atoms with E-state index in [1.54, 1.807) is 7.11 Å². The summed E-state index contributed by atoms with van der Waals surface area (Å²) in [5.74, 6) is -0.0947. The minimum atomic E-state index is -0.104. The van der Waals surface area contributed by atoms with Crippen molar-refractivity contribution in [2.45, 2.75) is 26.2 Å². The van der Waals surface area contributed by atoms with E-state index in [4.69, 9.17) is 9.47 Å². The number of amides is 1. The van der Waals surface area contributed by atoms with Crippen LogP contribution in [0.3, 0.4) is 0 Å². The summed E-state index contributed by atoms with van der Waals surface area (Å²) in [5.41, 5.74) is 2.39. The van der Waals surface area contributed by atoms with Gasteiger partial charge in [-0.25, -0.2) is 0 Å². The molecular weight excluding hydrogens is 254 g/mol. The second-order valence-corrected chi connectivity index (χ2v) is 5.52. The molecule has 1 rings (SSSR count). The summed E-state index contributed by atoms with van der Waals surface area (Å²) in [6.07, 6.45) is 0. The molecule has 0 radical (unpaired) electrons. The molecule has 0 aliphatic carbocycles. The van der Waals surface area contributed by atoms with Crippen LogP contribution in [0.1, 0.15) is 25.0 Å². The Balaban J connectivity index is 2.43. The Morgan fingerprint density at radius 2 is 1.95 bits per heavy atom. The number of ether oxygens (including phenoxy) is 2. The summed E-state index contributed by atoms with van der Waals surface area (Å²) < 4.78 is 10.0. The van der Waals surface area contributed by atoms with Crippen molar-refractivity contribution in [3.63, 3.8) is 0 Å². The number of hydrogen-bond donors (Lipinski definition) is 1. The third kappa shape index (κ3) is 5.31. The normalized spacial score (nSPS) is 11.4. The van der Waals surface area contributed by atoms with Crippen LogP contribution in [-0.4, -0.2) is 39.4 Å². The Morgan fingerprint density at radius 1 is 1.25 bits per heavy atom. The molecule has 0 unspecified atom stereocenters. The standard InChI is InChI=1S/C16H25NO3/c1-13-7-5-6-8-14(13)16(2,3)12-17-15(18)11-20-10-9-19-4/h5-8H,9-12H2,1-4H3,(H,17,18). The van der Waals surface area contributed by atoms with Crippen LogP contribution < -0.4 is 5.32 Å². The van der Waals surface area contributed by atoms with Crippen molar-refractivity contribution in [2.24, 2.45) is 0 Å². The molecule has 1 amide bonds. The predicted octanol–water partition coefficient (Wildman–Crippen LogP) is 2.05. The summed E-state index contributed by atoms with van der Waals surface area (Å²) in [4.78, 5) is 11.7. The fourth-order valence-electron chi connectivity index (χ4n) is 2.11. The molecule has 0 atom stereocenters. The molecule has 0 fully saturated rings. The van der Waals surface area contributed by atoms with Crippen molar-refractivity contribution in [3.8, 4) is 0 Å². The highest BCUT2D eigenvalue weighted by atomic mass is 16.5. The van der Waals surface area contributed by atoms with Crippen molar-refractivity contribution in [1.29, 1.82) is 0 Å². The SMILES string of the molecule is COCCOCC(=O)NCC(C)(C)c1ccccc1C. The van der Waals surface area contributed by atoms with Crippen LogP contribution >= 0.6 is 0 Å². The van der Waals surface area contributed by atoms with Gasteiger partial charge in [-0.05, 0) is 18.1 Å². The monoisotopic (exact) mass is 279 g/mol. The van der Waals surface area contributed by atoms with Gasteiger partial charge in [0.15, 0.2) is 0 Å². The van der Waals surface area contributed by atoms with E-state index in [-0.39, 0.29) is 17.9 Å². The Labute approximate surface area is 121 Å². The molecule has 1 aromatic carbocycles. The van der Waals surface area contributed by atoms with E-state index in [0.717, 1.165) is 0 Å². The second-order valence-electron chi connectivity index (χ2n) is 5.52. The minimum Gasteiger partial charge on any atom is -0.382 e. The van der Waals surface area contributed by atoms with Crippen LogP contribution in [0.15, 0.2) is 24.3 Å². The zero-order chi connectivity index (χ0) is 15.0. The molecule has 20 heavy (non-hydrogen) atoms. The lowest BCUT2D eigenvalue weighted by Gasteiger charge is -2.27. The van der Waals surface area contributed by atoms with E-state index in [1.165, 1.54) is 11.1 Å². The topological polar surface area (TPSA) is 47.6 Å². The molecule has 4 heteroatoms. The highest BCUT2D eigenvalue weighted by Gasteiger charge is 2.22. The van der Waals surface area contributed by atoms with Gasteiger partial charge in [-0.2, -0.15) is 0 Å². The fourth-order valence-corrected chi connectivity index (χ4v) is 2.11. The Hall–Kier alpha value is -1.39. The van der Waals surface area contributed by atoms with Crippen LogP contribution in [0.2, 0.25) is 0 Å². The minimum absolute atomic E-state index is 0.0766. The number of hydrogen-bond acceptors (Lipinski definition) is 3. The number of benzene rings is 1. The summed E-state index contributed by atoms with van der Waals surface area (Å²) in [5, 5.41) is 2.92. The number of carbonyl (C=O) groups is 1. The number of carbonyl (C=O) groups excluding carboxylic acids is 1. The van der Waals surface area contributed by atoms with E-state index in [2.05, 4.69) is 38.2 Å². The number of rotatable bonds is 8. The first-order chi connectivity index (χ1) is 9.47. The first-order valence-electron chi connectivity index (χ1n) is 6.87. The van der Waals surface area contributed by atoms with Gasteiger partial charge in [-0.15, -0.1) is 0 Å². The molecule has 112 valence electrons. The highest BCUT2D eigenvalue weighted by molar-refractivity contribution is 5.77. The van der Waals surface area contributed by atoms with Crippen molar-refractivity contribution in [1.82, 2.24) is 5.32 Å². The van der Waals surface area contributed by atoms with Crippen LogP contribution in [-0.2, 0) is 19.7 Å². The van der Waals surface area contributed by atoms with Crippen LogP contribution in [0.5, 0.6) is 0 Å². The molecule has 0 heterocycles. The summed E-state index contributed by atoms with van der Waals surface area (Å²) in [6, 6.07) is 8.25. The molecular formula is C16H25NO3. The summed E-state index contributed by atoms with van der Waals surface area (Å²) in [6.45, 7) is 7.94. The first kappa shape index (κ1) is 16.7. The third-order valence-corrected chi connectivity index (χ3v) is 3.27. The largest absolute Gasteiger partial charge is 0.382 e. The molecule has 0 aliphatic heterocycles. The Morgan fingerprint density at radius 3 is 2.60 bits per heavy atom. The van der Waals surface area contributed by atoms with Gasteiger partial charge in [0.2, 0.25) is 5.91 Å². The summed E-state index contributed by atoms with van der Waals surface area (Å²) in [7, 11) is 1.61. The lowest BCUT2D eigenvalue weighted by atomic mass is 9.82. The van der Waals surface area contributed by atoms with Gasteiger partial charge in [-0.3, -0.25) is 4.79 Å². The Kier molecular flexibility index (Phi) is 6.68. The maximum atomic E-state index is 11.7. The number of nitrogens with one attached hydrogen (secondary N) is 1. The molecule has 1 N–H and O–H groups in total. The zero-order valence-electron chi connectivity index (χ0n) is 12.9. The molecule has 4 nitrogen and oxygen atoms in total. The number of aryl methyl sites for hydroxylation is 1. The van der Waals surface area contributed by atoms with Crippen LogP contribution in [0, 0.1) is 6.92 Å². The number of methoxy groups -OCH3 is 1. The van der Waals surface area contributed by atoms with Gasteiger partial charge in [0.05, 0.1) is 13.2 Å². The van der Waals surface area contributed by atoms with Gasteiger partial charge >= 0.3 is 0 Å². The Bertz CT molecular complexity index is 429. The molecule has 1 aromatic rings. The predicted molar refractivity (Wildman–Crippen MR) is 79.9 cm³/mol. The van der Waals surface area contributed by atoms with Gasteiger partial charge in [0, 0.05) is 19.1 Å². The molecule has 0 aromatic heterocycles. The smallest absolute Gasteiger partial charge is 0.246 e. The van der Waals surface area contributed by atoms with E-state index >= 15 is 0 Å². The van der Waals surface area contributed by atoms with E-state index in [9.17, 15) is 4.79 Å². The highest BCUT2D eigenvalue weighted by Crippen LogP contribution is 2.25. The average Bonchev–Trinajstić information content (AvgIpc) is 2.42. The summed E-state index contributed by atoms with van der Waals surface area (Å²) >= 11 is 0. The van der Waals surface area contributed by atoms with Crippen LogP contribution in [0.25, 0.3) is 0 Å². The van der Waals surface area contributed by atoms with Gasteiger partial charge in [0.25, 0.3) is 0 Å². The van der Waals surface area contributed by atoms with Crippen molar-refractivity contribution in [3.05, 3.63) is 35.4 Å². The zero-order valence-corrected chi connectivity index (χ0v) is 12.9. The third-order valence-electron chi connectivity index (χ3n) is 3.27. The quantitative estimate of drug-likeness (QED) is 0.741. The van der Waals surface area contributed by atoms with Crippen molar-refractivity contribution < 1.29 is 14.3 Å². The molecule has 0 saturated heterocycles.